The van der Waals surface area contributed by atoms with Crippen molar-refractivity contribution >= 4 is 0 Å². The van der Waals surface area contributed by atoms with E-state index in [-0.39, 0.29) is 0 Å². The number of methoxy groups -OCH3 is 1. The summed E-state index contributed by atoms with van der Waals surface area (Å²) in [7, 11) is -2.81. The minimum Gasteiger partial charge on any atom is -0.394 e. The minimum atomic E-state index is -2.81. The Hall–Kier alpha value is -0.240. The van der Waals surface area contributed by atoms with Gasteiger partial charge in [0.15, 0.2) is 6.29 Å². The monoisotopic (exact) mass is 200 g/mol. The zero-order valence-corrected chi connectivity index (χ0v) is 6.70. The second kappa shape index (κ2) is 4.32. The number of aliphatic hydroxyl groups is 4. The molecule has 0 amide bonds. The zero-order chi connectivity index (χ0) is 12.5. The normalized spacial score (nSPS) is 50.8. The molecule has 6 nitrogen and oxygen atoms in total. The van der Waals surface area contributed by atoms with Gasteiger partial charge in [0.1, 0.15) is 24.4 Å². The number of ether oxygens (including phenoxy) is 2. The lowest BCUT2D eigenvalue weighted by Crippen LogP contribution is -2.58. The van der Waals surface area contributed by atoms with Crippen LogP contribution in [0.1, 0.15) is 4.11 Å². The van der Waals surface area contributed by atoms with E-state index in [9.17, 15) is 15.3 Å². The molecule has 0 aromatic carbocycles. The molecule has 0 saturated carbocycles. The van der Waals surface area contributed by atoms with Gasteiger partial charge >= 0.3 is 0 Å². The molecule has 1 rings (SSSR count). The van der Waals surface area contributed by atoms with Gasteiger partial charge in [-0.15, -0.1) is 0 Å². The Morgan fingerprint density at radius 3 is 2.54 bits per heavy atom. The number of hydrogen-bond acceptors (Lipinski definition) is 6. The van der Waals surface area contributed by atoms with E-state index in [2.05, 4.69) is 4.74 Å². The molecule has 6 heteroatoms. The molecular weight excluding hydrogens is 180 g/mol. The highest BCUT2D eigenvalue weighted by Gasteiger charge is 2.43. The van der Waals surface area contributed by atoms with Crippen molar-refractivity contribution in [1.29, 1.82) is 0 Å². The van der Waals surface area contributed by atoms with Crippen molar-refractivity contribution in [1.82, 2.24) is 0 Å². The zero-order valence-electron chi connectivity index (χ0n) is 9.70. The van der Waals surface area contributed by atoms with Crippen LogP contribution in [0.2, 0.25) is 0 Å². The van der Waals surface area contributed by atoms with Gasteiger partial charge in [0.05, 0.1) is 10.7 Å². The van der Waals surface area contributed by atoms with Crippen molar-refractivity contribution in [2.24, 2.45) is 0 Å². The van der Waals surface area contributed by atoms with Crippen LogP contribution in [-0.4, -0.2) is 64.8 Å². The second-order valence-corrected chi connectivity index (χ2v) is 2.82. The summed E-state index contributed by atoms with van der Waals surface area (Å²) in [6.07, 6.45) is -7.67. The van der Waals surface area contributed by atoms with Crippen LogP contribution in [0.15, 0.2) is 0 Å². The molecule has 0 aliphatic carbocycles. The largest absolute Gasteiger partial charge is 0.394 e. The Kier molecular flexibility index (Phi) is 2.36. The Labute approximate surface area is 79.5 Å². The minimum absolute atomic E-state index is 0.633. The Bertz CT molecular complexity index is 233. The van der Waals surface area contributed by atoms with E-state index in [0.717, 1.165) is 0 Å². The topological polar surface area (TPSA) is 99.4 Å². The molecule has 1 fully saturated rings. The lowest BCUT2D eigenvalue weighted by Gasteiger charge is -2.38. The van der Waals surface area contributed by atoms with Gasteiger partial charge in [0, 0.05) is 7.04 Å². The van der Waals surface area contributed by atoms with Gasteiger partial charge in [-0.2, -0.15) is 0 Å². The van der Waals surface area contributed by atoms with E-state index < -0.39 is 44.4 Å². The number of aliphatic hydroxyl groups excluding tert-OH is 4. The first-order valence-corrected chi connectivity index (χ1v) is 3.74. The summed E-state index contributed by atoms with van der Waals surface area (Å²) < 4.78 is 29.6. The first-order chi connectivity index (χ1) is 7.26. The molecule has 0 bridgehead atoms. The summed E-state index contributed by atoms with van der Waals surface area (Å²) in [6, 6.07) is 0. The van der Waals surface area contributed by atoms with Crippen LogP contribution in [0.25, 0.3) is 0 Å². The lowest BCUT2D eigenvalue weighted by molar-refractivity contribution is -0.294. The fourth-order valence-electron chi connectivity index (χ4n) is 1.16. The Balaban J connectivity index is 2.71. The summed E-state index contributed by atoms with van der Waals surface area (Å²) in [4.78, 5) is 0. The number of rotatable bonds is 2. The summed E-state index contributed by atoms with van der Waals surface area (Å²) >= 11 is 0. The number of hydrogen-bond donors (Lipinski definition) is 4. The van der Waals surface area contributed by atoms with Crippen LogP contribution in [0.4, 0.5) is 0 Å². The van der Waals surface area contributed by atoms with Crippen molar-refractivity contribution in [3.63, 3.8) is 0 Å². The molecule has 0 spiro atoms. The van der Waals surface area contributed by atoms with E-state index >= 15 is 0 Å². The maximum Gasteiger partial charge on any atom is 0.186 e. The third-order valence-corrected chi connectivity index (χ3v) is 1.96. The Morgan fingerprint density at radius 1 is 1.31 bits per heavy atom. The molecule has 5 unspecified atom stereocenters. The molecule has 13 heavy (non-hydrogen) atoms. The van der Waals surface area contributed by atoms with Crippen LogP contribution in [0.5, 0.6) is 0 Å². The highest BCUT2D eigenvalue weighted by molar-refractivity contribution is 4.88. The molecule has 1 heterocycles. The molecular formula is C7H14O6. The van der Waals surface area contributed by atoms with Gasteiger partial charge in [-0.1, -0.05) is 0 Å². The van der Waals surface area contributed by atoms with Gasteiger partial charge in [-0.05, 0) is 0 Å². The van der Waals surface area contributed by atoms with Crippen molar-refractivity contribution in [2.45, 2.75) is 30.7 Å². The standard InChI is InChI=1S/C7H14O6/c1-12-7-6(11)5(10)4(9)3(2-8)13-7/h3-11H,2H2,1H3/i1T3. The van der Waals surface area contributed by atoms with Gasteiger partial charge in [-0.3, -0.25) is 0 Å². The molecule has 0 aromatic heterocycles. The third kappa shape index (κ3) is 1.98. The van der Waals surface area contributed by atoms with Gasteiger partial charge < -0.3 is 29.9 Å². The van der Waals surface area contributed by atoms with E-state index in [4.69, 9.17) is 14.0 Å². The second-order valence-electron chi connectivity index (χ2n) is 2.82. The van der Waals surface area contributed by atoms with Crippen LogP contribution in [-0.2, 0) is 9.47 Å². The average Bonchev–Trinajstić information content (AvgIpc) is 2.17. The van der Waals surface area contributed by atoms with Gasteiger partial charge in [-0.25, -0.2) is 0 Å². The van der Waals surface area contributed by atoms with Gasteiger partial charge in [0.2, 0.25) is 0 Å². The van der Waals surface area contributed by atoms with E-state index in [1.165, 1.54) is 0 Å². The van der Waals surface area contributed by atoms with Gasteiger partial charge in [0.25, 0.3) is 0 Å². The summed E-state index contributed by atoms with van der Waals surface area (Å²) in [5.41, 5.74) is 0. The summed E-state index contributed by atoms with van der Waals surface area (Å²) in [5.74, 6) is 0. The molecule has 0 aromatic rings. The molecule has 1 saturated heterocycles. The molecule has 78 valence electrons. The molecule has 1 aliphatic rings. The van der Waals surface area contributed by atoms with Crippen molar-refractivity contribution in [2.75, 3.05) is 13.6 Å². The lowest BCUT2D eigenvalue weighted by atomic mass is 9.99. The Morgan fingerprint density at radius 2 is 2.00 bits per heavy atom. The molecule has 5 atom stereocenters. The fourth-order valence-corrected chi connectivity index (χ4v) is 1.16. The van der Waals surface area contributed by atoms with Crippen LogP contribution < -0.4 is 0 Å². The molecule has 4 N–H and O–H groups in total. The maximum absolute atomic E-state index is 9.39. The predicted molar refractivity (Wildman–Crippen MR) is 40.8 cm³/mol. The highest BCUT2D eigenvalue weighted by atomic mass is 16.7. The van der Waals surface area contributed by atoms with Crippen LogP contribution in [0, 0.1) is 0 Å². The van der Waals surface area contributed by atoms with E-state index in [1.54, 1.807) is 0 Å². The highest BCUT2D eigenvalue weighted by Crippen LogP contribution is 2.20. The first-order valence-electron chi connectivity index (χ1n) is 5.24. The van der Waals surface area contributed by atoms with Crippen molar-refractivity contribution < 1.29 is 34.0 Å². The quantitative estimate of drug-likeness (QED) is 0.391. The summed E-state index contributed by atoms with van der Waals surface area (Å²) in [6.45, 7) is -0.633. The molecule has 0 radical (unpaired) electrons. The van der Waals surface area contributed by atoms with Crippen LogP contribution in [0.3, 0.4) is 0 Å². The van der Waals surface area contributed by atoms with Crippen molar-refractivity contribution in [3.05, 3.63) is 0 Å². The maximum atomic E-state index is 9.39. The summed E-state index contributed by atoms with van der Waals surface area (Å²) in [5, 5.41) is 36.9. The smallest absolute Gasteiger partial charge is 0.186 e. The molecule has 1 aliphatic heterocycles. The SMILES string of the molecule is [3H]C([3H])([3H])OC1OC(CO)C(O)C(O)C1O. The van der Waals surface area contributed by atoms with E-state index in [1.807, 2.05) is 0 Å². The predicted octanol–water partition coefficient (Wildman–Crippen LogP) is -2.57. The van der Waals surface area contributed by atoms with Crippen LogP contribution >= 0.6 is 0 Å². The van der Waals surface area contributed by atoms with E-state index in [0.29, 0.717) is 0 Å². The fraction of sp³-hybridized carbons (Fsp3) is 1.00. The average molecular weight is 200 g/mol. The van der Waals surface area contributed by atoms with Crippen molar-refractivity contribution in [3.8, 4) is 0 Å². The third-order valence-electron chi connectivity index (χ3n) is 1.96. The first kappa shape index (κ1) is 7.10.